The Hall–Kier alpha value is -6.49. The van der Waals surface area contributed by atoms with E-state index in [1.807, 2.05) is 29.5 Å². The van der Waals surface area contributed by atoms with E-state index in [2.05, 4.69) is 158 Å². The summed E-state index contributed by atoms with van der Waals surface area (Å²) in [4.78, 5) is 15.6. The summed E-state index contributed by atoms with van der Waals surface area (Å²) in [7, 11) is 0. The molecule has 0 saturated carbocycles. The molecular weight excluding hydrogens is 639 g/mol. The minimum absolute atomic E-state index is 0.646. The topological polar surface area (TPSA) is 38.7 Å². The average Bonchev–Trinajstić information content (AvgIpc) is 3.58. The van der Waals surface area contributed by atoms with Gasteiger partial charge in [-0.05, 0) is 62.7 Å². The first-order valence-corrected chi connectivity index (χ1v) is 17.9. The van der Waals surface area contributed by atoms with Crippen LogP contribution < -0.4 is 0 Å². The van der Waals surface area contributed by atoms with E-state index in [-0.39, 0.29) is 0 Å². The van der Waals surface area contributed by atoms with E-state index in [0.29, 0.717) is 17.5 Å². The van der Waals surface area contributed by atoms with Crippen molar-refractivity contribution >= 4 is 53.1 Å². The minimum atomic E-state index is 0.646. The first kappa shape index (κ1) is 29.4. The van der Waals surface area contributed by atoms with Gasteiger partial charge in [-0.3, -0.25) is 0 Å². The van der Waals surface area contributed by atoms with Crippen LogP contribution in [0.25, 0.3) is 98.1 Å². The molecular formula is C47H29N3S. The van der Waals surface area contributed by atoms with Crippen molar-refractivity contribution in [3.63, 3.8) is 0 Å². The highest BCUT2D eigenvalue weighted by atomic mass is 32.1. The quantitative estimate of drug-likeness (QED) is 0.183. The molecule has 3 nitrogen and oxygen atoms in total. The summed E-state index contributed by atoms with van der Waals surface area (Å²) in [6, 6.07) is 62.1. The van der Waals surface area contributed by atoms with Crippen LogP contribution in [-0.4, -0.2) is 15.0 Å². The normalized spacial score (nSPS) is 11.5. The Morgan fingerprint density at radius 1 is 0.314 bits per heavy atom. The predicted octanol–water partition coefficient (Wildman–Crippen LogP) is 12.9. The Bertz CT molecular complexity index is 2910. The lowest BCUT2D eigenvalue weighted by Gasteiger charge is -2.15. The second-order valence-electron chi connectivity index (χ2n) is 12.8. The molecule has 4 heteroatoms. The zero-order valence-corrected chi connectivity index (χ0v) is 28.3. The van der Waals surface area contributed by atoms with Crippen molar-refractivity contribution in [1.29, 1.82) is 0 Å². The zero-order valence-electron chi connectivity index (χ0n) is 27.5. The number of thiophene rings is 1. The third-order valence-electron chi connectivity index (χ3n) is 9.75. The van der Waals surface area contributed by atoms with E-state index in [9.17, 15) is 0 Å². The molecule has 8 aromatic carbocycles. The largest absolute Gasteiger partial charge is 0.208 e. The van der Waals surface area contributed by atoms with Crippen molar-refractivity contribution in [2.24, 2.45) is 0 Å². The Morgan fingerprint density at radius 3 is 1.65 bits per heavy atom. The molecule has 51 heavy (non-hydrogen) atoms. The Morgan fingerprint density at radius 2 is 0.882 bits per heavy atom. The average molecular weight is 668 g/mol. The number of nitrogens with zero attached hydrogens (tertiary/aromatic N) is 3. The van der Waals surface area contributed by atoms with Crippen LogP contribution in [0.1, 0.15) is 0 Å². The van der Waals surface area contributed by atoms with E-state index in [1.165, 1.54) is 31.3 Å². The predicted molar refractivity (Wildman–Crippen MR) is 215 cm³/mol. The molecule has 0 aliphatic heterocycles. The number of aromatic nitrogens is 3. The highest BCUT2D eigenvalue weighted by Gasteiger charge is 2.19. The second-order valence-corrected chi connectivity index (χ2v) is 13.8. The summed E-state index contributed by atoms with van der Waals surface area (Å²) in [5.41, 5.74) is 7.58. The second kappa shape index (κ2) is 12.1. The maximum absolute atomic E-state index is 5.28. The van der Waals surface area contributed by atoms with Gasteiger partial charge in [-0.25, -0.2) is 15.0 Å². The number of hydrogen-bond acceptors (Lipinski definition) is 4. The maximum Gasteiger partial charge on any atom is 0.164 e. The summed E-state index contributed by atoms with van der Waals surface area (Å²) in [5.74, 6) is 1.94. The smallest absolute Gasteiger partial charge is 0.164 e. The number of hydrogen-bond donors (Lipinski definition) is 0. The van der Waals surface area contributed by atoms with Gasteiger partial charge in [0.1, 0.15) is 0 Å². The van der Waals surface area contributed by atoms with Crippen molar-refractivity contribution in [1.82, 2.24) is 15.0 Å². The fourth-order valence-corrected chi connectivity index (χ4v) is 8.44. The van der Waals surface area contributed by atoms with Crippen LogP contribution in [0.4, 0.5) is 0 Å². The van der Waals surface area contributed by atoms with Crippen LogP contribution in [0, 0.1) is 0 Å². The molecule has 0 fully saturated rings. The lowest BCUT2D eigenvalue weighted by molar-refractivity contribution is 1.08. The van der Waals surface area contributed by atoms with Gasteiger partial charge in [0.2, 0.25) is 0 Å². The molecule has 2 aromatic heterocycles. The molecule has 0 amide bonds. The van der Waals surface area contributed by atoms with Crippen molar-refractivity contribution < 1.29 is 0 Å². The fraction of sp³-hybridized carbons (Fsp3) is 0. The maximum atomic E-state index is 5.28. The van der Waals surface area contributed by atoms with Crippen LogP contribution in [-0.2, 0) is 0 Å². The minimum Gasteiger partial charge on any atom is -0.208 e. The van der Waals surface area contributed by atoms with E-state index in [4.69, 9.17) is 15.0 Å². The Kier molecular flexibility index (Phi) is 7.00. The van der Waals surface area contributed by atoms with E-state index in [1.54, 1.807) is 0 Å². The van der Waals surface area contributed by atoms with Gasteiger partial charge in [-0.15, -0.1) is 11.3 Å². The molecule has 0 spiro atoms. The van der Waals surface area contributed by atoms with Crippen molar-refractivity contribution in [2.75, 3.05) is 0 Å². The van der Waals surface area contributed by atoms with E-state index in [0.717, 1.165) is 49.4 Å². The van der Waals surface area contributed by atoms with Crippen molar-refractivity contribution in [2.45, 2.75) is 0 Å². The van der Waals surface area contributed by atoms with Crippen molar-refractivity contribution in [3.8, 4) is 56.4 Å². The molecule has 238 valence electrons. The SMILES string of the molecule is c1ccc(-c2nc(-c3ccc(-c4ccc5sc6ccccc6c5c4)c4ccccc34)nc(-c3cccc4cccc(-c5ccccc5)c34)n2)cc1. The molecule has 0 bridgehead atoms. The molecule has 10 rings (SSSR count). The molecule has 0 unspecified atom stereocenters. The Labute approximate surface area is 299 Å². The van der Waals surface area contributed by atoms with Gasteiger partial charge in [0, 0.05) is 42.2 Å². The Balaban J connectivity index is 1.19. The first-order chi connectivity index (χ1) is 25.3. The summed E-state index contributed by atoms with van der Waals surface area (Å²) >= 11 is 1.85. The fourth-order valence-electron chi connectivity index (χ4n) is 7.36. The molecule has 0 N–H and O–H groups in total. The highest BCUT2D eigenvalue weighted by molar-refractivity contribution is 7.25. The summed E-state index contributed by atoms with van der Waals surface area (Å²) < 4.78 is 2.61. The van der Waals surface area contributed by atoms with Gasteiger partial charge in [-0.2, -0.15) is 0 Å². The number of benzene rings is 8. The third kappa shape index (κ3) is 5.08. The van der Waals surface area contributed by atoms with Crippen LogP contribution in [0.5, 0.6) is 0 Å². The molecule has 0 aliphatic rings. The molecule has 0 radical (unpaired) electrons. The van der Waals surface area contributed by atoms with Crippen LogP contribution in [0.2, 0.25) is 0 Å². The van der Waals surface area contributed by atoms with Crippen LogP contribution in [0.3, 0.4) is 0 Å². The van der Waals surface area contributed by atoms with Gasteiger partial charge in [0.05, 0.1) is 0 Å². The molecule has 0 aliphatic carbocycles. The summed E-state index contributed by atoms with van der Waals surface area (Å²) in [6.07, 6.45) is 0. The molecule has 0 saturated heterocycles. The number of rotatable bonds is 5. The van der Waals surface area contributed by atoms with E-state index < -0.39 is 0 Å². The zero-order chi connectivity index (χ0) is 33.7. The number of fused-ring (bicyclic) bond motifs is 5. The lowest BCUT2D eigenvalue weighted by Crippen LogP contribution is -2.01. The van der Waals surface area contributed by atoms with Crippen LogP contribution >= 0.6 is 11.3 Å². The molecule has 2 heterocycles. The van der Waals surface area contributed by atoms with Gasteiger partial charge in [0.25, 0.3) is 0 Å². The standard InChI is InChI=1S/C47H29N3S/c1-3-13-30(14-4-1)35-22-11-17-31-18-12-23-40(44(31)35)47-49-45(32-15-5-2-6-16-32)48-46(50-47)39-27-26-34(36-19-7-8-20-37(36)39)33-25-28-43-41(29-33)38-21-9-10-24-42(38)51-43/h1-29H. The lowest BCUT2D eigenvalue weighted by atomic mass is 9.93. The van der Waals surface area contributed by atoms with Crippen molar-refractivity contribution in [3.05, 3.63) is 176 Å². The van der Waals surface area contributed by atoms with E-state index >= 15 is 0 Å². The van der Waals surface area contributed by atoms with Gasteiger partial charge >= 0.3 is 0 Å². The van der Waals surface area contributed by atoms with Gasteiger partial charge < -0.3 is 0 Å². The summed E-state index contributed by atoms with van der Waals surface area (Å²) in [6.45, 7) is 0. The molecule has 10 aromatic rings. The van der Waals surface area contributed by atoms with Gasteiger partial charge in [0.15, 0.2) is 17.5 Å². The molecule has 0 atom stereocenters. The highest BCUT2D eigenvalue weighted by Crippen LogP contribution is 2.41. The van der Waals surface area contributed by atoms with Crippen LogP contribution in [0.15, 0.2) is 176 Å². The van der Waals surface area contributed by atoms with Gasteiger partial charge in [-0.1, -0.05) is 152 Å². The summed E-state index contributed by atoms with van der Waals surface area (Å²) in [5, 5.41) is 7.12. The third-order valence-corrected chi connectivity index (χ3v) is 10.9. The first-order valence-electron chi connectivity index (χ1n) is 17.1. The monoisotopic (exact) mass is 667 g/mol.